The molecule has 9 heteroatoms. The van der Waals surface area contributed by atoms with Gasteiger partial charge in [-0.05, 0) is 0 Å². The molecular weight excluding hydrogens is 226 g/mol. The zero-order valence-electron chi connectivity index (χ0n) is 8.77. The van der Waals surface area contributed by atoms with Gasteiger partial charge in [0.2, 0.25) is 0 Å². The normalized spacial score (nSPS) is 16.0. The monoisotopic (exact) mass is 242 g/mol. The quantitative estimate of drug-likeness (QED) is 0.190. The van der Waals surface area contributed by atoms with Gasteiger partial charge in [0.15, 0.2) is 6.10 Å². The fourth-order valence-corrected chi connectivity index (χ4v) is 0.896. The maximum atomic E-state index is 10.3. The number of aliphatic carboxylic acids is 1. The molecule has 0 fully saturated rings. The van der Waals surface area contributed by atoms with Crippen molar-refractivity contribution >= 4 is 5.97 Å². The van der Waals surface area contributed by atoms with Gasteiger partial charge in [-0.2, -0.15) is 4.48 Å². The number of nitrogens with zero attached hydrogens (tertiary/aromatic N) is 1. The van der Waals surface area contributed by atoms with E-state index in [1.807, 2.05) is 0 Å². The maximum Gasteiger partial charge on any atom is 0.446 e. The lowest BCUT2D eigenvalue weighted by Crippen LogP contribution is -2.75. The Morgan fingerprint density at radius 1 is 1.19 bits per heavy atom. The van der Waals surface area contributed by atoms with Crippen LogP contribution in [0.4, 0.5) is 0 Å². The van der Waals surface area contributed by atoms with Crippen molar-refractivity contribution in [3.8, 4) is 0 Å². The van der Waals surface area contributed by atoms with Crippen molar-refractivity contribution in [3.05, 3.63) is 0 Å². The third-order valence-electron chi connectivity index (χ3n) is 2.39. The van der Waals surface area contributed by atoms with Crippen molar-refractivity contribution in [1.29, 1.82) is 0 Å². The van der Waals surface area contributed by atoms with E-state index < -0.39 is 35.0 Å². The predicted octanol–water partition coefficient (Wildman–Crippen LogP) is -3.87. The van der Waals surface area contributed by atoms with E-state index in [2.05, 4.69) is 0 Å². The Balaban J connectivity index is 5.11. The lowest BCUT2D eigenvalue weighted by molar-refractivity contribution is -1.10. The van der Waals surface area contributed by atoms with Crippen LogP contribution in [0.5, 0.6) is 0 Å². The van der Waals surface area contributed by atoms with Gasteiger partial charge in [-0.15, -0.1) is 0 Å². The number of hydrogen-bond donors (Lipinski definition) is 7. The number of aliphatic hydroxyl groups is 6. The number of aliphatic hydroxyl groups excluding tert-OH is 1. The summed E-state index contributed by atoms with van der Waals surface area (Å²) in [4.78, 5) is 10.3. The van der Waals surface area contributed by atoms with E-state index >= 15 is 0 Å². The second-order valence-corrected chi connectivity index (χ2v) is 3.85. The lowest BCUT2D eigenvalue weighted by Gasteiger charge is -2.45. The fourth-order valence-electron chi connectivity index (χ4n) is 0.896. The first-order valence-corrected chi connectivity index (χ1v) is 4.20. The molecule has 1 unspecified atom stereocenters. The molecule has 7 N–H and O–H groups in total. The molecule has 16 heavy (non-hydrogen) atoms. The number of hydrogen-bond acceptors (Lipinski definition) is 7. The van der Waals surface area contributed by atoms with Crippen LogP contribution in [0.2, 0.25) is 0 Å². The lowest BCUT2D eigenvalue weighted by atomic mass is 10.1. The number of carboxylic acids is 1. The van der Waals surface area contributed by atoms with Crippen LogP contribution in [-0.2, 0) is 4.79 Å². The van der Waals surface area contributed by atoms with E-state index in [9.17, 15) is 20.1 Å². The first-order valence-electron chi connectivity index (χ1n) is 4.20. The molecule has 0 aliphatic rings. The topological polar surface area (TPSA) is 159 Å². The molecule has 0 aliphatic carbocycles. The maximum absolute atomic E-state index is 10.3. The van der Waals surface area contributed by atoms with E-state index in [-0.39, 0.29) is 0 Å². The van der Waals surface area contributed by atoms with Crippen molar-refractivity contribution < 1.29 is 45.0 Å². The van der Waals surface area contributed by atoms with E-state index in [0.717, 1.165) is 14.1 Å². The Kier molecular flexibility index (Phi) is 4.01. The predicted molar refractivity (Wildman–Crippen MR) is 46.9 cm³/mol. The Morgan fingerprint density at radius 2 is 1.56 bits per heavy atom. The van der Waals surface area contributed by atoms with Gasteiger partial charge in [0, 0.05) is 0 Å². The average Bonchev–Trinajstić information content (AvgIpc) is 2.00. The summed E-state index contributed by atoms with van der Waals surface area (Å²) in [6, 6.07) is 0. The third-order valence-corrected chi connectivity index (χ3v) is 2.39. The molecule has 0 spiro atoms. The zero-order chi connectivity index (χ0) is 13.4. The highest BCUT2D eigenvalue weighted by molar-refractivity contribution is 5.67. The van der Waals surface area contributed by atoms with Gasteiger partial charge in [-0.1, -0.05) is 0 Å². The highest BCUT2D eigenvalue weighted by Crippen LogP contribution is 2.27. The molecular formula is C7H16NO8+. The van der Waals surface area contributed by atoms with Crippen LogP contribution >= 0.6 is 0 Å². The molecule has 0 saturated heterocycles. The van der Waals surface area contributed by atoms with Gasteiger partial charge in [0.25, 0.3) is 0 Å². The van der Waals surface area contributed by atoms with Crippen LogP contribution in [0.1, 0.15) is 6.42 Å². The summed E-state index contributed by atoms with van der Waals surface area (Å²) in [5.74, 6) is -4.80. The van der Waals surface area contributed by atoms with Crippen LogP contribution in [0, 0.1) is 0 Å². The summed E-state index contributed by atoms with van der Waals surface area (Å²) < 4.78 is -1.67. The molecule has 0 bridgehead atoms. The SMILES string of the molecule is C[N+](C)(C(O)(O)O)C(O)(O)C(O)CC(=O)O. The number of rotatable bonds is 5. The highest BCUT2D eigenvalue weighted by Gasteiger charge is 2.60. The Bertz CT molecular complexity index is 268. The Labute approximate surface area is 90.6 Å². The standard InChI is InChI=1S/C7H15NO8/c1-8(2,7(14,15)16)6(12,13)4(9)3-5(10)11/h4,9,12-16H,3H2,1-2H3/p+1. The fraction of sp³-hybridized carbons (Fsp3) is 0.857. The van der Waals surface area contributed by atoms with Crippen molar-refractivity contribution in [2.24, 2.45) is 0 Å². The van der Waals surface area contributed by atoms with Gasteiger partial charge in [-0.3, -0.25) is 20.1 Å². The molecule has 0 aromatic carbocycles. The molecule has 9 nitrogen and oxygen atoms in total. The first-order chi connectivity index (χ1) is 6.84. The molecule has 96 valence electrons. The molecule has 0 saturated carbocycles. The van der Waals surface area contributed by atoms with E-state index in [1.54, 1.807) is 0 Å². The van der Waals surface area contributed by atoms with Gasteiger partial charge < -0.3 is 20.4 Å². The second-order valence-electron chi connectivity index (χ2n) is 3.85. The van der Waals surface area contributed by atoms with Gasteiger partial charge in [0.05, 0.1) is 20.5 Å². The number of carboxylic acid groups (broad SMARTS) is 1. The molecule has 1 atom stereocenters. The summed E-state index contributed by atoms with van der Waals surface area (Å²) in [5.41, 5.74) is 0. The molecule has 0 aromatic rings. The van der Waals surface area contributed by atoms with E-state index in [1.165, 1.54) is 0 Å². The summed E-state index contributed by atoms with van der Waals surface area (Å²) in [6.45, 7) is 0. The molecule has 0 heterocycles. The van der Waals surface area contributed by atoms with Crippen LogP contribution in [-0.4, -0.2) is 78.4 Å². The summed E-state index contributed by atoms with van der Waals surface area (Å²) in [5, 5.41) is 63.0. The van der Waals surface area contributed by atoms with Crippen molar-refractivity contribution in [3.63, 3.8) is 0 Å². The summed E-state index contributed by atoms with van der Waals surface area (Å²) in [6.07, 6.45) is -6.85. The third kappa shape index (κ3) is 2.65. The van der Waals surface area contributed by atoms with E-state index in [0.29, 0.717) is 0 Å². The Hall–Kier alpha value is -0.810. The zero-order valence-corrected chi connectivity index (χ0v) is 8.77. The number of quaternary nitrogens is 1. The van der Waals surface area contributed by atoms with Crippen LogP contribution in [0.15, 0.2) is 0 Å². The van der Waals surface area contributed by atoms with Gasteiger partial charge >= 0.3 is 18.0 Å². The first kappa shape index (κ1) is 15.2. The minimum Gasteiger partial charge on any atom is -0.481 e. The van der Waals surface area contributed by atoms with Crippen LogP contribution < -0.4 is 0 Å². The molecule has 0 rings (SSSR count). The van der Waals surface area contributed by atoms with Gasteiger partial charge in [-0.25, -0.2) is 0 Å². The van der Waals surface area contributed by atoms with Crippen LogP contribution in [0.3, 0.4) is 0 Å². The Morgan fingerprint density at radius 3 is 1.81 bits per heavy atom. The van der Waals surface area contributed by atoms with Gasteiger partial charge in [0.1, 0.15) is 0 Å². The smallest absolute Gasteiger partial charge is 0.446 e. The van der Waals surface area contributed by atoms with Crippen molar-refractivity contribution in [2.45, 2.75) is 24.5 Å². The summed E-state index contributed by atoms with van der Waals surface area (Å²) >= 11 is 0. The molecule has 0 radical (unpaired) electrons. The van der Waals surface area contributed by atoms with Crippen LogP contribution in [0.25, 0.3) is 0 Å². The summed E-state index contributed by atoms with van der Waals surface area (Å²) in [7, 11) is 1.54. The van der Waals surface area contributed by atoms with Crippen molar-refractivity contribution in [1.82, 2.24) is 0 Å². The molecule has 0 amide bonds. The average molecular weight is 242 g/mol. The highest BCUT2D eigenvalue weighted by atomic mass is 16.7. The molecule has 0 aliphatic heterocycles. The minimum atomic E-state index is -3.57. The van der Waals surface area contributed by atoms with E-state index in [4.69, 9.17) is 20.4 Å². The van der Waals surface area contributed by atoms with Crippen molar-refractivity contribution in [2.75, 3.05) is 14.1 Å². The second kappa shape index (κ2) is 4.22. The molecule has 0 aromatic heterocycles. The number of likely N-dealkylation sites (N-methyl/N-ethyl adjacent to an activating group) is 1. The number of carbonyl (C=O) groups is 1. The minimum absolute atomic E-state index is 0.769. The largest absolute Gasteiger partial charge is 0.481 e.